The molecule has 0 bridgehead atoms. The van der Waals surface area contributed by atoms with E-state index in [1.54, 1.807) is 32.9 Å². The second kappa shape index (κ2) is 5.37. The van der Waals surface area contributed by atoms with Gasteiger partial charge < -0.3 is 5.73 Å². The van der Waals surface area contributed by atoms with Crippen LogP contribution in [-0.2, 0) is 10.0 Å². The highest BCUT2D eigenvalue weighted by Gasteiger charge is 2.20. The lowest BCUT2D eigenvalue weighted by Gasteiger charge is -2.14. The largest absolute Gasteiger partial charge is 0.399 e. The van der Waals surface area contributed by atoms with Gasteiger partial charge in [-0.25, -0.2) is 12.8 Å². The monoisotopic (exact) mass is 308 g/mol. The van der Waals surface area contributed by atoms with Gasteiger partial charge in [0.25, 0.3) is 10.0 Å². The third kappa shape index (κ3) is 3.16. The molecule has 0 aliphatic carbocycles. The summed E-state index contributed by atoms with van der Waals surface area (Å²) in [5, 5.41) is 0. The summed E-state index contributed by atoms with van der Waals surface area (Å²) >= 11 is 0. The Hall–Kier alpha value is -2.08. The molecule has 3 N–H and O–H groups in total. The average Bonchev–Trinajstić information content (AvgIpc) is 2.31. The number of nitrogens with two attached hydrogens (primary N) is 1. The third-order valence-electron chi connectivity index (χ3n) is 3.16. The Kier molecular flexibility index (Phi) is 3.91. The van der Waals surface area contributed by atoms with Gasteiger partial charge in [0.15, 0.2) is 0 Å². The van der Waals surface area contributed by atoms with Crippen molar-refractivity contribution in [1.29, 1.82) is 0 Å². The van der Waals surface area contributed by atoms with Crippen LogP contribution in [0.2, 0.25) is 0 Å². The van der Waals surface area contributed by atoms with E-state index in [-0.39, 0.29) is 10.7 Å². The molecular weight excluding hydrogens is 291 g/mol. The molecule has 0 aromatic heterocycles. The molecule has 0 aliphatic heterocycles. The second-order valence-corrected chi connectivity index (χ2v) is 6.67. The average molecular weight is 308 g/mol. The molecule has 0 unspecified atom stereocenters. The standard InChI is InChI=1S/C15H17FN2O2S/c1-9-8-13(4-5-14(9)16)18-21(19,20)15-10(2)6-12(17)7-11(15)3/h4-8,18H,17H2,1-3H3. The van der Waals surface area contributed by atoms with Crippen molar-refractivity contribution in [2.24, 2.45) is 0 Å². The van der Waals surface area contributed by atoms with Crippen LogP contribution < -0.4 is 10.5 Å². The van der Waals surface area contributed by atoms with Crippen LogP contribution in [0.3, 0.4) is 0 Å². The summed E-state index contributed by atoms with van der Waals surface area (Å²) in [7, 11) is -3.75. The molecule has 0 atom stereocenters. The SMILES string of the molecule is Cc1cc(NS(=O)(=O)c2c(C)cc(N)cc2C)ccc1F. The van der Waals surface area contributed by atoms with Gasteiger partial charge in [0.2, 0.25) is 0 Å². The zero-order chi connectivity index (χ0) is 15.8. The van der Waals surface area contributed by atoms with Crippen LogP contribution in [0.4, 0.5) is 15.8 Å². The first kappa shape index (κ1) is 15.3. The minimum Gasteiger partial charge on any atom is -0.399 e. The van der Waals surface area contributed by atoms with E-state index >= 15 is 0 Å². The molecule has 6 heteroatoms. The van der Waals surface area contributed by atoms with Crippen molar-refractivity contribution in [1.82, 2.24) is 0 Å². The molecule has 2 aromatic carbocycles. The molecule has 0 radical (unpaired) electrons. The summed E-state index contributed by atoms with van der Waals surface area (Å²) in [5.74, 6) is -0.377. The first-order valence-corrected chi connectivity index (χ1v) is 7.85. The van der Waals surface area contributed by atoms with Crippen LogP contribution in [-0.4, -0.2) is 8.42 Å². The summed E-state index contributed by atoms with van der Waals surface area (Å²) in [6, 6.07) is 7.29. The van der Waals surface area contributed by atoms with Gasteiger partial charge in [-0.05, 0) is 67.8 Å². The minimum absolute atomic E-state index is 0.193. The maximum Gasteiger partial charge on any atom is 0.262 e. The molecule has 21 heavy (non-hydrogen) atoms. The van der Waals surface area contributed by atoms with Crippen LogP contribution in [0.15, 0.2) is 35.2 Å². The van der Waals surface area contributed by atoms with E-state index in [1.807, 2.05) is 0 Å². The molecule has 112 valence electrons. The summed E-state index contributed by atoms with van der Waals surface area (Å²) in [4.78, 5) is 0.193. The van der Waals surface area contributed by atoms with E-state index in [0.717, 1.165) is 0 Å². The number of aryl methyl sites for hydroxylation is 3. The van der Waals surface area contributed by atoms with E-state index in [1.165, 1.54) is 18.2 Å². The minimum atomic E-state index is -3.75. The Morgan fingerprint density at radius 1 is 1.00 bits per heavy atom. The van der Waals surface area contributed by atoms with Crippen molar-refractivity contribution in [2.45, 2.75) is 25.7 Å². The number of nitrogens with one attached hydrogen (secondary N) is 1. The van der Waals surface area contributed by atoms with Gasteiger partial charge >= 0.3 is 0 Å². The van der Waals surface area contributed by atoms with Crippen molar-refractivity contribution in [3.8, 4) is 0 Å². The van der Waals surface area contributed by atoms with Crippen LogP contribution in [0.1, 0.15) is 16.7 Å². The number of hydrogen-bond donors (Lipinski definition) is 2. The predicted octanol–water partition coefficient (Wildman–Crippen LogP) is 3.13. The van der Waals surface area contributed by atoms with Gasteiger partial charge in [-0.1, -0.05) is 0 Å². The molecule has 0 heterocycles. The Morgan fingerprint density at radius 2 is 1.57 bits per heavy atom. The Bertz CT molecular complexity index is 778. The molecule has 4 nitrogen and oxygen atoms in total. The van der Waals surface area contributed by atoms with Crippen molar-refractivity contribution in [3.05, 3.63) is 52.8 Å². The summed E-state index contributed by atoms with van der Waals surface area (Å²) in [6.45, 7) is 4.95. The quantitative estimate of drug-likeness (QED) is 0.856. The first-order chi connectivity index (χ1) is 9.70. The van der Waals surface area contributed by atoms with Crippen LogP contribution in [0.5, 0.6) is 0 Å². The van der Waals surface area contributed by atoms with Gasteiger partial charge in [-0.3, -0.25) is 4.72 Å². The number of sulfonamides is 1. The smallest absolute Gasteiger partial charge is 0.262 e. The number of hydrogen-bond acceptors (Lipinski definition) is 3. The predicted molar refractivity (Wildman–Crippen MR) is 82.3 cm³/mol. The molecule has 0 fully saturated rings. The van der Waals surface area contributed by atoms with E-state index < -0.39 is 10.0 Å². The van der Waals surface area contributed by atoms with Crippen LogP contribution >= 0.6 is 0 Å². The maximum absolute atomic E-state index is 13.2. The van der Waals surface area contributed by atoms with Crippen LogP contribution in [0, 0.1) is 26.6 Å². The fourth-order valence-corrected chi connectivity index (χ4v) is 3.83. The van der Waals surface area contributed by atoms with Crippen LogP contribution in [0.25, 0.3) is 0 Å². The molecule has 2 aromatic rings. The Labute approximate surface area is 123 Å². The number of rotatable bonds is 3. The number of anilines is 2. The molecule has 0 aliphatic rings. The summed E-state index contributed by atoms with van der Waals surface area (Å²) in [5.41, 5.74) is 8.06. The van der Waals surface area contributed by atoms with E-state index in [9.17, 15) is 12.8 Å². The van der Waals surface area contributed by atoms with Crippen molar-refractivity contribution >= 4 is 21.4 Å². The first-order valence-electron chi connectivity index (χ1n) is 6.36. The molecule has 0 spiro atoms. The van der Waals surface area contributed by atoms with Crippen molar-refractivity contribution < 1.29 is 12.8 Å². The van der Waals surface area contributed by atoms with Crippen molar-refractivity contribution in [3.63, 3.8) is 0 Å². The lowest BCUT2D eigenvalue weighted by atomic mass is 10.1. The summed E-state index contributed by atoms with van der Waals surface area (Å²) < 4.78 is 40.7. The van der Waals surface area contributed by atoms with E-state index in [2.05, 4.69) is 4.72 Å². The normalized spacial score (nSPS) is 11.4. The topological polar surface area (TPSA) is 72.2 Å². The zero-order valence-corrected chi connectivity index (χ0v) is 12.9. The summed E-state index contributed by atoms with van der Waals surface area (Å²) in [6.07, 6.45) is 0. The molecule has 0 saturated carbocycles. The fourth-order valence-electron chi connectivity index (χ4n) is 2.32. The highest BCUT2D eigenvalue weighted by atomic mass is 32.2. The van der Waals surface area contributed by atoms with E-state index in [4.69, 9.17) is 5.73 Å². The van der Waals surface area contributed by atoms with Crippen molar-refractivity contribution in [2.75, 3.05) is 10.5 Å². The van der Waals surface area contributed by atoms with Gasteiger partial charge in [0.1, 0.15) is 5.82 Å². The van der Waals surface area contributed by atoms with Gasteiger partial charge in [0.05, 0.1) is 4.90 Å². The van der Waals surface area contributed by atoms with Gasteiger partial charge in [-0.15, -0.1) is 0 Å². The molecular formula is C15H17FN2O2S. The highest BCUT2D eigenvalue weighted by Crippen LogP contribution is 2.25. The molecule has 2 rings (SSSR count). The number of halogens is 1. The second-order valence-electron chi connectivity index (χ2n) is 5.05. The van der Waals surface area contributed by atoms with Gasteiger partial charge in [-0.2, -0.15) is 0 Å². The maximum atomic E-state index is 13.2. The van der Waals surface area contributed by atoms with E-state index in [0.29, 0.717) is 28.1 Å². The third-order valence-corrected chi connectivity index (χ3v) is 4.85. The lowest BCUT2D eigenvalue weighted by Crippen LogP contribution is -2.16. The Morgan fingerprint density at radius 3 is 2.10 bits per heavy atom. The van der Waals surface area contributed by atoms with Gasteiger partial charge in [0, 0.05) is 11.4 Å². The number of nitrogen functional groups attached to an aromatic ring is 1. The number of benzene rings is 2. The highest BCUT2D eigenvalue weighted by molar-refractivity contribution is 7.92. The molecule has 0 saturated heterocycles. The Balaban J connectivity index is 2.46. The molecule has 0 amide bonds. The fraction of sp³-hybridized carbons (Fsp3) is 0.200. The zero-order valence-electron chi connectivity index (χ0n) is 12.1. The lowest BCUT2D eigenvalue weighted by molar-refractivity contribution is 0.599.